The molecule has 2 N–H and O–H groups in total. The van der Waals surface area contributed by atoms with Crippen LogP contribution in [0.15, 0.2) is 35.1 Å². The van der Waals surface area contributed by atoms with Gasteiger partial charge in [-0.15, -0.1) is 0 Å². The van der Waals surface area contributed by atoms with Crippen LogP contribution in [0.1, 0.15) is 40.4 Å². The molecule has 0 saturated heterocycles. The van der Waals surface area contributed by atoms with Crippen molar-refractivity contribution in [2.45, 2.75) is 31.6 Å². The van der Waals surface area contributed by atoms with E-state index in [0.29, 0.717) is 17.1 Å². The standard InChI is InChI=1S/C17H17F3N6O2/c1-9-12(8-25(2)23-9)22-16(27)11-7-15-21-10(13-4-3-5-28-13)6-14(17(18,19)20)26(15)24-11/h3-5,7-8,10,14,21H,6H2,1-2H3,(H,22,27). The van der Waals surface area contributed by atoms with E-state index in [1.807, 2.05) is 0 Å². The number of aryl methyl sites for hydroxylation is 2. The van der Waals surface area contributed by atoms with Gasteiger partial charge in [0.15, 0.2) is 11.7 Å². The molecule has 1 amide bonds. The van der Waals surface area contributed by atoms with Gasteiger partial charge in [-0.3, -0.25) is 9.48 Å². The number of anilines is 2. The Morgan fingerprint density at radius 1 is 1.39 bits per heavy atom. The summed E-state index contributed by atoms with van der Waals surface area (Å²) < 4.78 is 48.4. The Morgan fingerprint density at radius 3 is 2.79 bits per heavy atom. The molecule has 4 heterocycles. The van der Waals surface area contributed by atoms with Crippen molar-refractivity contribution < 1.29 is 22.4 Å². The Balaban J connectivity index is 1.65. The molecule has 1 aliphatic heterocycles. The first kappa shape index (κ1) is 18.1. The highest BCUT2D eigenvalue weighted by Gasteiger charge is 2.47. The number of hydrogen-bond donors (Lipinski definition) is 2. The minimum absolute atomic E-state index is 0.100. The van der Waals surface area contributed by atoms with Gasteiger partial charge in [-0.05, 0) is 19.1 Å². The fraction of sp³-hybridized carbons (Fsp3) is 0.353. The van der Waals surface area contributed by atoms with E-state index in [0.717, 1.165) is 4.68 Å². The second-order valence-electron chi connectivity index (χ2n) is 6.62. The molecule has 0 aromatic carbocycles. The molecule has 2 unspecified atom stereocenters. The van der Waals surface area contributed by atoms with Gasteiger partial charge in [0.05, 0.1) is 23.7 Å². The third-order valence-corrected chi connectivity index (χ3v) is 4.57. The highest BCUT2D eigenvalue weighted by molar-refractivity contribution is 6.03. The van der Waals surface area contributed by atoms with Crippen LogP contribution in [0.2, 0.25) is 0 Å². The second kappa shape index (κ2) is 6.43. The summed E-state index contributed by atoms with van der Waals surface area (Å²) in [7, 11) is 1.70. The van der Waals surface area contributed by atoms with Crippen LogP contribution in [0.3, 0.4) is 0 Å². The maximum absolute atomic E-state index is 13.6. The SMILES string of the molecule is Cc1nn(C)cc1NC(=O)c1cc2n(n1)C(C(F)(F)F)CC(c1ccco1)N2. The van der Waals surface area contributed by atoms with E-state index in [2.05, 4.69) is 20.8 Å². The smallest absolute Gasteiger partial charge is 0.410 e. The Hall–Kier alpha value is -3.24. The van der Waals surface area contributed by atoms with Gasteiger partial charge in [0.1, 0.15) is 11.6 Å². The lowest BCUT2D eigenvalue weighted by Crippen LogP contribution is -2.35. The lowest BCUT2D eigenvalue weighted by Gasteiger charge is -2.32. The maximum atomic E-state index is 13.6. The number of fused-ring (bicyclic) bond motifs is 1. The summed E-state index contributed by atoms with van der Waals surface area (Å²) in [5.41, 5.74) is 0.927. The van der Waals surface area contributed by atoms with E-state index in [4.69, 9.17) is 4.42 Å². The van der Waals surface area contributed by atoms with Crippen molar-refractivity contribution in [2.24, 2.45) is 7.05 Å². The molecule has 28 heavy (non-hydrogen) atoms. The number of hydrogen-bond acceptors (Lipinski definition) is 5. The third-order valence-electron chi connectivity index (χ3n) is 4.57. The molecule has 0 saturated carbocycles. The normalized spacial score (nSPS) is 19.2. The van der Waals surface area contributed by atoms with Crippen molar-refractivity contribution in [3.05, 3.63) is 47.8 Å². The minimum atomic E-state index is -4.53. The van der Waals surface area contributed by atoms with E-state index in [9.17, 15) is 18.0 Å². The number of carbonyl (C=O) groups excluding carboxylic acids is 1. The molecule has 0 radical (unpaired) electrons. The Labute approximate surface area is 157 Å². The van der Waals surface area contributed by atoms with Gasteiger partial charge in [0.25, 0.3) is 5.91 Å². The van der Waals surface area contributed by atoms with Crippen LogP contribution >= 0.6 is 0 Å². The fourth-order valence-corrected chi connectivity index (χ4v) is 3.27. The number of rotatable bonds is 3. The van der Waals surface area contributed by atoms with E-state index >= 15 is 0 Å². The fourth-order valence-electron chi connectivity index (χ4n) is 3.27. The molecule has 2 atom stereocenters. The summed E-state index contributed by atoms with van der Waals surface area (Å²) in [6, 6.07) is 1.97. The molecule has 0 aliphatic carbocycles. The highest BCUT2D eigenvalue weighted by Crippen LogP contribution is 2.43. The zero-order valence-corrected chi connectivity index (χ0v) is 15.0. The van der Waals surface area contributed by atoms with Gasteiger partial charge in [-0.2, -0.15) is 23.4 Å². The molecule has 1 aliphatic rings. The molecule has 0 fully saturated rings. The molecule has 148 valence electrons. The van der Waals surface area contributed by atoms with Gasteiger partial charge in [0, 0.05) is 25.7 Å². The van der Waals surface area contributed by atoms with Crippen LogP contribution in [-0.2, 0) is 7.05 Å². The number of aromatic nitrogens is 4. The van der Waals surface area contributed by atoms with Crippen molar-refractivity contribution in [2.75, 3.05) is 10.6 Å². The summed E-state index contributed by atoms with van der Waals surface area (Å²) in [4.78, 5) is 12.5. The first-order valence-corrected chi connectivity index (χ1v) is 8.50. The molecule has 3 aromatic rings. The monoisotopic (exact) mass is 394 g/mol. The van der Waals surface area contributed by atoms with Crippen molar-refractivity contribution in [1.29, 1.82) is 0 Å². The van der Waals surface area contributed by atoms with E-state index in [-0.39, 0.29) is 17.9 Å². The summed E-state index contributed by atoms with van der Waals surface area (Å²) >= 11 is 0. The molecule has 11 heteroatoms. The maximum Gasteiger partial charge on any atom is 0.410 e. The first-order valence-electron chi connectivity index (χ1n) is 8.50. The molecule has 4 rings (SSSR count). The number of furan rings is 1. The zero-order chi connectivity index (χ0) is 20.1. The number of nitrogens with one attached hydrogen (secondary N) is 2. The number of halogens is 3. The lowest BCUT2D eigenvalue weighted by molar-refractivity contribution is -0.174. The van der Waals surface area contributed by atoms with Gasteiger partial charge in [0.2, 0.25) is 0 Å². The Morgan fingerprint density at radius 2 is 2.18 bits per heavy atom. The summed E-state index contributed by atoms with van der Waals surface area (Å²) in [5.74, 6) is -0.128. The summed E-state index contributed by atoms with van der Waals surface area (Å²) in [5, 5.41) is 13.6. The molecular weight excluding hydrogens is 377 g/mol. The van der Waals surface area contributed by atoms with E-state index in [1.54, 1.807) is 32.3 Å². The van der Waals surface area contributed by atoms with Crippen LogP contribution < -0.4 is 10.6 Å². The van der Waals surface area contributed by atoms with Crippen LogP contribution in [0.5, 0.6) is 0 Å². The molecular formula is C17H17F3N6O2. The average Bonchev–Trinajstić information content (AvgIpc) is 3.33. The summed E-state index contributed by atoms with van der Waals surface area (Å²) in [6.07, 6.45) is -1.82. The van der Waals surface area contributed by atoms with Gasteiger partial charge in [-0.1, -0.05) is 0 Å². The lowest BCUT2D eigenvalue weighted by atomic mass is 10.0. The Bertz CT molecular complexity index is 1000. The second-order valence-corrected chi connectivity index (χ2v) is 6.62. The topological polar surface area (TPSA) is 89.9 Å². The first-order chi connectivity index (χ1) is 13.2. The van der Waals surface area contributed by atoms with Crippen molar-refractivity contribution in [3.63, 3.8) is 0 Å². The van der Waals surface area contributed by atoms with Gasteiger partial charge in [-0.25, -0.2) is 4.68 Å². The quantitative estimate of drug-likeness (QED) is 0.710. The van der Waals surface area contributed by atoms with Crippen LogP contribution in [-0.4, -0.2) is 31.6 Å². The third kappa shape index (κ3) is 3.23. The van der Waals surface area contributed by atoms with Gasteiger partial charge >= 0.3 is 6.18 Å². The average molecular weight is 394 g/mol. The van der Waals surface area contributed by atoms with Crippen LogP contribution in [0.25, 0.3) is 0 Å². The van der Waals surface area contributed by atoms with Gasteiger partial charge < -0.3 is 15.1 Å². The predicted octanol–water partition coefficient (Wildman–Crippen LogP) is 3.43. The molecule has 0 bridgehead atoms. The zero-order valence-electron chi connectivity index (χ0n) is 15.0. The minimum Gasteiger partial charge on any atom is -0.467 e. The molecule has 3 aromatic heterocycles. The van der Waals surface area contributed by atoms with Crippen molar-refractivity contribution in [1.82, 2.24) is 19.6 Å². The Kier molecular flexibility index (Phi) is 4.16. The predicted molar refractivity (Wildman–Crippen MR) is 92.9 cm³/mol. The van der Waals surface area contributed by atoms with Crippen LogP contribution in [0.4, 0.5) is 24.7 Å². The molecule has 0 spiro atoms. The summed E-state index contributed by atoms with van der Waals surface area (Å²) in [6.45, 7) is 1.71. The number of nitrogens with zero attached hydrogens (tertiary/aromatic N) is 4. The largest absolute Gasteiger partial charge is 0.467 e. The number of carbonyl (C=O) groups is 1. The van der Waals surface area contributed by atoms with Crippen LogP contribution in [0, 0.1) is 6.92 Å². The van der Waals surface area contributed by atoms with E-state index < -0.39 is 24.2 Å². The van der Waals surface area contributed by atoms with Crippen molar-refractivity contribution in [3.8, 4) is 0 Å². The van der Waals surface area contributed by atoms with Crippen molar-refractivity contribution >= 4 is 17.4 Å². The molecule has 8 nitrogen and oxygen atoms in total. The van der Waals surface area contributed by atoms with E-state index in [1.165, 1.54) is 17.0 Å². The highest BCUT2D eigenvalue weighted by atomic mass is 19.4. The number of alkyl halides is 3. The number of amides is 1.